The van der Waals surface area contributed by atoms with Gasteiger partial charge in [0.05, 0.1) is 6.04 Å². The Kier molecular flexibility index (Phi) is 7.55. The summed E-state index contributed by atoms with van der Waals surface area (Å²) in [6.07, 6.45) is 1.56. The number of piperidine rings is 1. The zero-order valence-corrected chi connectivity index (χ0v) is 16.4. The molecule has 0 aliphatic carbocycles. The first kappa shape index (κ1) is 22.0. The van der Waals surface area contributed by atoms with Crippen molar-refractivity contribution in [2.75, 3.05) is 19.6 Å². The van der Waals surface area contributed by atoms with Gasteiger partial charge in [-0.1, -0.05) is 24.3 Å². The summed E-state index contributed by atoms with van der Waals surface area (Å²) < 4.78 is 48.9. The second-order valence-electron chi connectivity index (χ2n) is 6.80. The second-order valence-corrected chi connectivity index (χ2v) is 8.70. The third kappa shape index (κ3) is 5.16. The van der Waals surface area contributed by atoms with Crippen LogP contribution in [-0.4, -0.2) is 50.1 Å². The van der Waals surface area contributed by atoms with Crippen LogP contribution in [0.4, 0.5) is 8.78 Å². The Balaban J connectivity index is 0.00000261. The van der Waals surface area contributed by atoms with Gasteiger partial charge in [-0.15, -0.1) is 12.4 Å². The molecule has 3 rings (SSSR count). The predicted molar refractivity (Wildman–Crippen MR) is 100 cm³/mol. The third-order valence-corrected chi connectivity index (χ3v) is 6.66. The standard InChI is InChI=1S/C17H23F2N3O3S.ClH/c18-17(19)26(24,25)22-7-5-12(6-8-22)10-21-16(23)15-9-13-3-1-2-4-14(13)11-20-15;/h1-4,12,15,17,20H,5-11H2,(H,21,23);1H. The molecule has 1 aromatic carbocycles. The maximum Gasteiger partial charge on any atom is 0.350 e. The van der Waals surface area contributed by atoms with Crippen LogP contribution in [0.15, 0.2) is 24.3 Å². The molecule has 27 heavy (non-hydrogen) atoms. The van der Waals surface area contributed by atoms with Crippen molar-refractivity contribution in [3.8, 4) is 0 Å². The number of benzene rings is 1. The Bertz CT molecular complexity index is 756. The normalized spacial score (nSPS) is 21.4. The summed E-state index contributed by atoms with van der Waals surface area (Å²) in [7, 11) is -4.50. The van der Waals surface area contributed by atoms with Crippen molar-refractivity contribution in [3.63, 3.8) is 0 Å². The van der Waals surface area contributed by atoms with E-state index in [4.69, 9.17) is 0 Å². The van der Waals surface area contributed by atoms with Gasteiger partial charge in [-0.05, 0) is 36.3 Å². The molecule has 0 aromatic heterocycles. The molecule has 1 saturated heterocycles. The fourth-order valence-electron chi connectivity index (χ4n) is 3.49. The summed E-state index contributed by atoms with van der Waals surface area (Å²) in [4.78, 5) is 12.4. The Hall–Kier alpha value is -1.29. The van der Waals surface area contributed by atoms with Gasteiger partial charge < -0.3 is 10.6 Å². The fourth-order valence-corrected chi connectivity index (χ4v) is 4.43. The van der Waals surface area contributed by atoms with Crippen LogP contribution in [0.25, 0.3) is 0 Å². The molecule has 1 amide bonds. The Morgan fingerprint density at radius 3 is 2.48 bits per heavy atom. The van der Waals surface area contributed by atoms with E-state index in [1.54, 1.807) is 0 Å². The van der Waals surface area contributed by atoms with Gasteiger partial charge in [0.25, 0.3) is 10.0 Å². The molecule has 10 heteroatoms. The van der Waals surface area contributed by atoms with E-state index in [2.05, 4.69) is 10.6 Å². The summed E-state index contributed by atoms with van der Waals surface area (Å²) in [5.74, 6) is -3.36. The van der Waals surface area contributed by atoms with Crippen molar-refractivity contribution in [1.29, 1.82) is 0 Å². The van der Waals surface area contributed by atoms with E-state index in [0.717, 1.165) is 9.87 Å². The lowest BCUT2D eigenvalue weighted by Gasteiger charge is -2.31. The first-order valence-corrected chi connectivity index (χ1v) is 10.2. The summed E-state index contributed by atoms with van der Waals surface area (Å²) in [5.41, 5.74) is 2.36. The molecule has 2 aliphatic heterocycles. The summed E-state index contributed by atoms with van der Waals surface area (Å²) >= 11 is 0. The van der Waals surface area contributed by atoms with Crippen LogP contribution in [0.5, 0.6) is 0 Å². The number of alkyl halides is 2. The lowest BCUT2D eigenvalue weighted by molar-refractivity contribution is -0.123. The molecule has 1 unspecified atom stereocenters. The van der Waals surface area contributed by atoms with Crippen molar-refractivity contribution >= 4 is 28.3 Å². The molecule has 1 atom stereocenters. The molecule has 2 N–H and O–H groups in total. The number of sulfonamides is 1. The third-order valence-electron chi connectivity index (χ3n) is 5.12. The average molecular weight is 424 g/mol. The predicted octanol–water partition coefficient (Wildman–Crippen LogP) is 1.50. The Morgan fingerprint density at radius 2 is 1.85 bits per heavy atom. The highest BCUT2D eigenvalue weighted by atomic mass is 35.5. The van der Waals surface area contributed by atoms with Gasteiger partial charge in [-0.3, -0.25) is 4.79 Å². The maximum atomic E-state index is 12.6. The minimum atomic E-state index is -4.50. The number of nitrogens with zero attached hydrogens (tertiary/aromatic N) is 1. The summed E-state index contributed by atoms with van der Waals surface area (Å²) in [5, 5.41) is 6.13. The van der Waals surface area contributed by atoms with Crippen LogP contribution < -0.4 is 10.6 Å². The van der Waals surface area contributed by atoms with Gasteiger partial charge in [0.15, 0.2) is 0 Å². The topological polar surface area (TPSA) is 78.5 Å². The number of hydrogen-bond acceptors (Lipinski definition) is 4. The first-order chi connectivity index (χ1) is 12.4. The minimum absolute atomic E-state index is 0. The van der Waals surface area contributed by atoms with Gasteiger partial charge in [0.2, 0.25) is 5.91 Å². The zero-order chi connectivity index (χ0) is 18.7. The van der Waals surface area contributed by atoms with Gasteiger partial charge in [0, 0.05) is 26.2 Å². The van der Waals surface area contributed by atoms with Crippen LogP contribution in [0.1, 0.15) is 24.0 Å². The van der Waals surface area contributed by atoms with Crippen LogP contribution in [0.3, 0.4) is 0 Å². The average Bonchev–Trinajstić information content (AvgIpc) is 2.66. The van der Waals surface area contributed by atoms with E-state index in [9.17, 15) is 22.0 Å². The van der Waals surface area contributed by atoms with Crippen LogP contribution >= 0.6 is 12.4 Å². The summed E-state index contributed by atoms with van der Waals surface area (Å²) in [6, 6.07) is 7.71. The smallest absolute Gasteiger partial charge is 0.350 e. The van der Waals surface area contributed by atoms with E-state index >= 15 is 0 Å². The van der Waals surface area contributed by atoms with Crippen molar-refractivity contribution < 1.29 is 22.0 Å². The van der Waals surface area contributed by atoms with E-state index in [0.29, 0.717) is 32.4 Å². The molecular formula is C17H24ClF2N3O3S. The number of carbonyl (C=O) groups excluding carboxylic acids is 1. The molecule has 0 saturated carbocycles. The SMILES string of the molecule is Cl.O=C(NCC1CCN(S(=O)(=O)C(F)F)CC1)C1Cc2ccccc2CN1. The zero-order valence-electron chi connectivity index (χ0n) is 14.7. The molecule has 0 radical (unpaired) electrons. The van der Waals surface area contributed by atoms with Gasteiger partial charge in [-0.2, -0.15) is 13.1 Å². The van der Waals surface area contributed by atoms with Gasteiger partial charge in [-0.25, -0.2) is 8.42 Å². The maximum absolute atomic E-state index is 12.6. The van der Waals surface area contributed by atoms with Crippen molar-refractivity contribution in [2.45, 2.75) is 37.6 Å². The number of halogens is 3. The monoisotopic (exact) mass is 423 g/mol. The van der Waals surface area contributed by atoms with Crippen molar-refractivity contribution in [1.82, 2.24) is 14.9 Å². The highest BCUT2D eigenvalue weighted by molar-refractivity contribution is 7.89. The molecule has 0 spiro atoms. The van der Waals surface area contributed by atoms with Crippen LogP contribution in [0.2, 0.25) is 0 Å². The number of rotatable bonds is 5. The molecule has 1 aromatic rings. The lowest BCUT2D eigenvalue weighted by Crippen LogP contribution is -2.49. The van der Waals surface area contributed by atoms with Gasteiger partial charge in [0.1, 0.15) is 0 Å². The molecule has 6 nitrogen and oxygen atoms in total. The first-order valence-electron chi connectivity index (χ1n) is 8.73. The number of nitrogens with one attached hydrogen (secondary N) is 2. The molecular weight excluding hydrogens is 400 g/mol. The van der Waals surface area contributed by atoms with Crippen molar-refractivity contribution in [2.24, 2.45) is 5.92 Å². The Morgan fingerprint density at radius 1 is 1.22 bits per heavy atom. The van der Waals surface area contributed by atoms with Crippen LogP contribution in [0, 0.1) is 5.92 Å². The fraction of sp³-hybridized carbons (Fsp3) is 0.588. The molecule has 152 valence electrons. The van der Waals surface area contributed by atoms with E-state index < -0.39 is 15.8 Å². The van der Waals surface area contributed by atoms with Gasteiger partial charge >= 0.3 is 5.76 Å². The molecule has 2 aliphatic rings. The highest BCUT2D eigenvalue weighted by Gasteiger charge is 2.35. The summed E-state index contributed by atoms with van der Waals surface area (Å²) in [6.45, 7) is 1.23. The Labute approximate surface area is 164 Å². The molecule has 0 bridgehead atoms. The quantitative estimate of drug-likeness (QED) is 0.752. The van der Waals surface area contributed by atoms with Crippen LogP contribution in [-0.2, 0) is 27.8 Å². The van der Waals surface area contributed by atoms with E-state index in [1.165, 1.54) is 5.56 Å². The highest BCUT2D eigenvalue weighted by Crippen LogP contribution is 2.22. The number of amides is 1. The second kappa shape index (κ2) is 9.27. The molecule has 2 heterocycles. The van der Waals surface area contributed by atoms with E-state index in [1.807, 2.05) is 24.3 Å². The number of carbonyl (C=O) groups is 1. The largest absolute Gasteiger partial charge is 0.354 e. The minimum Gasteiger partial charge on any atom is -0.354 e. The lowest BCUT2D eigenvalue weighted by atomic mass is 9.95. The van der Waals surface area contributed by atoms with E-state index in [-0.39, 0.29) is 43.4 Å². The number of hydrogen-bond donors (Lipinski definition) is 2. The number of fused-ring (bicyclic) bond motifs is 1. The molecule has 1 fully saturated rings. The van der Waals surface area contributed by atoms with Crippen molar-refractivity contribution in [3.05, 3.63) is 35.4 Å².